The van der Waals surface area contributed by atoms with Gasteiger partial charge in [0.05, 0.1) is 0 Å². The average Bonchev–Trinajstić information content (AvgIpc) is 3.39. The highest BCUT2D eigenvalue weighted by atomic mass is 32.2. The highest BCUT2D eigenvalue weighted by molar-refractivity contribution is 8.08. The van der Waals surface area contributed by atoms with Crippen LogP contribution in [0.3, 0.4) is 0 Å². The van der Waals surface area contributed by atoms with E-state index in [0.29, 0.717) is 0 Å². The highest BCUT2D eigenvalue weighted by Crippen LogP contribution is 2.53. The van der Waals surface area contributed by atoms with Crippen molar-refractivity contribution in [1.82, 2.24) is 9.97 Å². The standard InChI is InChI=1S/C64H42N2S/c1-40-49-29-27-42(62-53-21-7-5-19-51(53)61(41-15-3-2-4-16-41)52-20-6-8-22-54(52)62)36-59(49)50-30-28-43(37-60(50)67-40)63-55-23-9-11-25-57(55)64(58-26-12-10-24-56(58)63)48-34-46(44-17-13-31-65-38-44)33-47(35-48)45-18-14-32-66-39-45/h2-32,34-39,46H,1,33H2. The molecule has 1 atom stereocenters. The number of fused-ring (bicyclic) bond motifs is 7. The van der Waals surface area contributed by atoms with Crippen molar-refractivity contribution in [3.63, 3.8) is 0 Å². The molecule has 2 nitrogen and oxygen atoms in total. The predicted molar refractivity (Wildman–Crippen MR) is 285 cm³/mol. The molecule has 0 amide bonds. The lowest BCUT2D eigenvalue weighted by Crippen LogP contribution is -2.05. The summed E-state index contributed by atoms with van der Waals surface area (Å²) >= 11 is 1.78. The van der Waals surface area contributed by atoms with Crippen molar-refractivity contribution in [2.45, 2.75) is 17.2 Å². The second kappa shape index (κ2) is 16.1. The Morgan fingerprint density at radius 1 is 0.418 bits per heavy atom. The van der Waals surface area contributed by atoms with Crippen LogP contribution in [0.2, 0.25) is 0 Å². The van der Waals surface area contributed by atoms with Gasteiger partial charge < -0.3 is 0 Å². The summed E-state index contributed by atoms with van der Waals surface area (Å²) in [4.78, 5) is 11.3. The van der Waals surface area contributed by atoms with E-state index >= 15 is 0 Å². The average molecular weight is 871 g/mol. The molecule has 1 aliphatic heterocycles. The maximum absolute atomic E-state index is 4.67. The van der Waals surface area contributed by atoms with Crippen LogP contribution in [0.1, 0.15) is 34.6 Å². The van der Waals surface area contributed by atoms with Crippen LogP contribution in [-0.2, 0) is 0 Å². The highest BCUT2D eigenvalue weighted by Gasteiger charge is 2.26. The third-order valence-corrected chi connectivity index (χ3v) is 14.9. The van der Waals surface area contributed by atoms with Crippen LogP contribution < -0.4 is 0 Å². The van der Waals surface area contributed by atoms with Gasteiger partial charge in [-0.3, -0.25) is 9.97 Å². The number of benzene rings is 9. The van der Waals surface area contributed by atoms with Gasteiger partial charge in [0.1, 0.15) is 0 Å². The number of pyridine rings is 2. The van der Waals surface area contributed by atoms with Gasteiger partial charge >= 0.3 is 0 Å². The maximum Gasteiger partial charge on any atom is 0.0343 e. The quantitative estimate of drug-likeness (QED) is 0.156. The van der Waals surface area contributed by atoms with Gasteiger partial charge in [-0.25, -0.2) is 0 Å². The lowest BCUT2D eigenvalue weighted by atomic mass is 9.79. The van der Waals surface area contributed by atoms with Gasteiger partial charge in [0.2, 0.25) is 0 Å². The summed E-state index contributed by atoms with van der Waals surface area (Å²) in [7, 11) is 0. The zero-order chi connectivity index (χ0) is 44.4. The third-order valence-electron chi connectivity index (χ3n) is 13.9. The van der Waals surface area contributed by atoms with Crippen LogP contribution in [0, 0.1) is 0 Å². The molecule has 3 heteroatoms. The molecule has 13 rings (SSSR count). The summed E-state index contributed by atoms with van der Waals surface area (Å²) in [6.07, 6.45) is 13.4. The van der Waals surface area contributed by atoms with Gasteiger partial charge in [0.15, 0.2) is 0 Å². The molecule has 11 aromatic rings. The summed E-state index contributed by atoms with van der Waals surface area (Å²) in [5.74, 6) is 0.168. The van der Waals surface area contributed by atoms with E-state index in [9.17, 15) is 0 Å². The molecule has 0 saturated carbocycles. The van der Waals surface area contributed by atoms with E-state index in [1.165, 1.54) is 120 Å². The smallest absolute Gasteiger partial charge is 0.0343 e. The van der Waals surface area contributed by atoms with Crippen LogP contribution in [0.25, 0.3) is 104 Å². The van der Waals surface area contributed by atoms with Crippen LogP contribution in [0.5, 0.6) is 0 Å². The molecule has 9 aromatic carbocycles. The Bertz CT molecular complexity index is 3750. The maximum atomic E-state index is 4.67. The van der Waals surface area contributed by atoms with E-state index < -0.39 is 0 Å². The Balaban J connectivity index is 0.977. The van der Waals surface area contributed by atoms with E-state index in [1.54, 1.807) is 11.8 Å². The van der Waals surface area contributed by atoms with Crippen molar-refractivity contribution < 1.29 is 0 Å². The Kier molecular flexibility index (Phi) is 9.43. The van der Waals surface area contributed by atoms with Crippen molar-refractivity contribution in [2.24, 2.45) is 0 Å². The largest absolute Gasteiger partial charge is 0.264 e. The molecule has 0 bridgehead atoms. The number of nitrogens with zero attached hydrogens (tertiary/aromatic N) is 2. The molecule has 0 spiro atoms. The molecule has 67 heavy (non-hydrogen) atoms. The summed E-state index contributed by atoms with van der Waals surface area (Å²) in [5, 5.41) is 9.96. The van der Waals surface area contributed by atoms with E-state index in [-0.39, 0.29) is 5.92 Å². The topological polar surface area (TPSA) is 25.8 Å². The summed E-state index contributed by atoms with van der Waals surface area (Å²) in [6, 6.07) is 69.1. The van der Waals surface area contributed by atoms with Gasteiger partial charge in [0, 0.05) is 40.5 Å². The van der Waals surface area contributed by atoms with E-state index in [1.807, 2.05) is 36.9 Å². The molecule has 314 valence electrons. The van der Waals surface area contributed by atoms with Crippen molar-refractivity contribution in [3.05, 3.63) is 254 Å². The fraction of sp³-hybridized carbons (Fsp3) is 0.0312. The van der Waals surface area contributed by atoms with Crippen molar-refractivity contribution in [2.75, 3.05) is 0 Å². The molecular formula is C64H42N2S. The first-order valence-corrected chi connectivity index (χ1v) is 23.8. The van der Waals surface area contributed by atoms with Crippen molar-refractivity contribution in [3.8, 4) is 44.5 Å². The van der Waals surface area contributed by atoms with E-state index in [0.717, 1.165) is 16.9 Å². The molecule has 0 radical (unpaired) electrons. The molecule has 0 fully saturated rings. The summed E-state index contributed by atoms with van der Waals surface area (Å²) in [5.41, 5.74) is 17.2. The molecule has 1 unspecified atom stereocenters. The predicted octanol–water partition coefficient (Wildman–Crippen LogP) is 17.5. The Morgan fingerprint density at radius 2 is 0.910 bits per heavy atom. The molecule has 3 heterocycles. The first kappa shape index (κ1) is 39.3. The summed E-state index contributed by atoms with van der Waals surface area (Å²) < 4.78 is 0. The number of aromatic nitrogens is 2. The van der Waals surface area contributed by atoms with Crippen LogP contribution in [0.15, 0.2) is 236 Å². The Labute approximate surface area is 394 Å². The van der Waals surface area contributed by atoms with Crippen molar-refractivity contribution >= 4 is 70.9 Å². The number of allylic oxidation sites excluding steroid dienone is 4. The lowest BCUT2D eigenvalue weighted by molar-refractivity contribution is 0.862. The minimum atomic E-state index is 0.168. The SMILES string of the molecule is C=C1Sc2cc(-c3c4ccccc4c(C4=CC(c5cccnc5)CC(c5cccnc5)=C4)c4ccccc34)ccc2-c2cc(-c3c4ccccc4c(-c4ccccc4)c4ccccc34)ccc21. The van der Waals surface area contributed by atoms with Crippen LogP contribution >= 0.6 is 11.8 Å². The van der Waals surface area contributed by atoms with Crippen LogP contribution in [0.4, 0.5) is 0 Å². The minimum absolute atomic E-state index is 0.168. The van der Waals surface area contributed by atoms with E-state index in [2.05, 4.69) is 205 Å². The van der Waals surface area contributed by atoms with E-state index in [4.69, 9.17) is 0 Å². The molecule has 0 N–H and O–H groups in total. The second-order valence-corrected chi connectivity index (χ2v) is 18.8. The van der Waals surface area contributed by atoms with Gasteiger partial charge in [-0.1, -0.05) is 194 Å². The fourth-order valence-electron chi connectivity index (χ4n) is 11.0. The number of hydrogen-bond acceptors (Lipinski definition) is 3. The van der Waals surface area contributed by atoms with Gasteiger partial charge in [-0.15, -0.1) is 0 Å². The first-order valence-electron chi connectivity index (χ1n) is 23.0. The monoisotopic (exact) mass is 870 g/mol. The number of thioether (sulfide) groups is 1. The molecule has 2 aliphatic rings. The zero-order valence-electron chi connectivity index (χ0n) is 36.7. The first-order chi connectivity index (χ1) is 33.2. The Morgan fingerprint density at radius 3 is 1.46 bits per heavy atom. The zero-order valence-corrected chi connectivity index (χ0v) is 37.5. The summed E-state index contributed by atoms with van der Waals surface area (Å²) in [6.45, 7) is 4.67. The van der Waals surface area contributed by atoms with Gasteiger partial charge in [-0.2, -0.15) is 0 Å². The van der Waals surface area contributed by atoms with Crippen LogP contribution in [-0.4, -0.2) is 9.97 Å². The molecule has 1 aliphatic carbocycles. The molecule has 2 aromatic heterocycles. The molecular weight excluding hydrogens is 829 g/mol. The fourth-order valence-corrected chi connectivity index (χ4v) is 12.0. The van der Waals surface area contributed by atoms with Gasteiger partial charge in [0.25, 0.3) is 0 Å². The van der Waals surface area contributed by atoms with Crippen molar-refractivity contribution in [1.29, 1.82) is 0 Å². The molecule has 0 saturated heterocycles. The number of rotatable bonds is 6. The lowest BCUT2D eigenvalue weighted by Gasteiger charge is -2.26. The second-order valence-electron chi connectivity index (χ2n) is 17.7. The normalized spacial score (nSPS) is 14.5. The minimum Gasteiger partial charge on any atom is -0.264 e. The Hall–Kier alpha value is -8.11. The van der Waals surface area contributed by atoms with Gasteiger partial charge in [-0.05, 0) is 152 Å². The third kappa shape index (κ3) is 6.57. The number of hydrogen-bond donors (Lipinski definition) is 0.